The zero-order valence-corrected chi connectivity index (χ0v) is 24.3. The quantitative estimate of drug-likeness (QED) is 0.174. The van der Waals surface area contributed by atoms with Gasteiger partial charge in [0.1, 0.15) is 24.3 Å². The first-order valence-corrected chi connectivity index (χ1v) is 14.0. The predicted molar refractivity (Wildman–Crippen MR) is 159 cm³/mol. The van der Waals surface area contributed by atoms with Crippen LogP contribution in [-0.4, -0.2) is 19.9 Å². The maximum Gasteiger partial charge on any atom is 0.416 e. The van der Waals surface area contributed by atoms with E-state index in [9.17, 15) is 47.4 Å². The van der Waals surface area contributed by atoms with Gasteiger partial charge in [-0.25, -0.2) is 19.9 Å². The molecule has 1 aliphatic rings. The average Bonchev–Trinajstić information content (AvgIpc) is 3.36. The smallest absolute Gasteiger partial charge is 0.232 e. The number of aromatic nitrogens is 4. The predicted octanol–water partition coefficient (Wildman–Crippen LogP) is 7.46. The van der Waals surface area contributed by atoms with E-state index in [1.165, 1.54) is 36.4 Å². The molecule has 234 valence electrons. The third-order valence-corrected chi connectivity index (χ3v) is 8.42. The van der Waals surface area contributed by atoms with E-state index in [2.05, 4.69) is 19.9 Å². The van der Waals surface area contributed by atoms with Gasteiger partial charge >= 0.3 is 12.4 Å². The van der Waals surface area contributed by atoms with E-state index >= 15 is 0 Å². The Morgan fingerprint density at radius 2 is 0.735 bits per heavy atom. The number of nitriles is 4. The first-order chi connectivity index (χ1) is 23.3. The van der Waals surface area contributed by atoms with Crippen LogP contribution in [0, 0.1) is 45.3 Å². The van der Waals surface area contributed by atoms with E-state index in [1.807, 2.05) is 24.3 Å². The van der Waals surface area contributed by atoms with Crippen molar-refractivity contribution in [3.05, 3.63) is 129 Å². The summed E-state index contributed by atoms with van der Waals surface area (Å²) in [6, 6.07) is 21.8. The number of rotatable bonds is 2. The van der Waals surface area contributed by atoms with Crippen molar-refractivity contribution in [2.24, 2.45) is 0 Å². The lowest BCUT2D eigenvalue weighted by atomic mass is 9.67. The first-order valence-electron chi connectivity index (χ1n) is 14.0. The van der Waals surface area contributed by atoms with Crippen molar-refractivity contribution in [2.45, 2.75) is 17.8 Å². The Hall–Kier alpha value is -6.90. The fourth-order valence-corrected chi connectivity index (χ4v) is 6.34. The molecule has 0 saturated carbocycles. The van der Waals surface area contributed by atoms with Crippen LogP contribution in [-0.2, 0) is 17.8 Å². The molecule has 14 heteroatoms. The third kappa shape index (κ3) is 4.58. The Kier molecular flexibility index (Phi) is 6.63. The Labute approximate surface area is 271 Å². The number of hydrogen-bond donors (Lipinski definition) is 0. The van der Waals surface area contributed by atoms with E-state index in [1.54, 1.807) is 12.1 Å². The van der Waals surface area contributed by atoms with Gasteiger partial charge in [-0.05, 0) is 81.9 Å². The van der Waals surface area contributed by atoms with E-state index in [0.717, 1.165) is 24.3 Å². The summed E-state index contributed by atoms with van der Waals surface area (Å²) in [5.41, 5.74) is -2.01. The van der Waals surface area contributed by atoms with E-state index < -0.39 is 28.9 Å². The highest BCUT2D eigenvalue weighted by Gasteiger charge is 2.48. The van der Waals surface area contributed by atoms with Gasteiger partial charge in [-0.2, -0.15) is 47.4 Å². The van der Waals surface area contributed by atoms with Crippen LogP contribution in [0.3, 0.4) is 0 Å². The molecule has 0 aliphatic heterocycles. The molecule has 0 saturated heterocycles. The molecule has 1 aliphatic carbocycles. The van der Waals surface area contributed by atoms with Crippen molar-refractivity contribution < 1.29 is 26.3 Å². The third-order valence-electron chi connectivity index (χ3n) is 8.42. The minimum absolute atomic E-state index is 0.129. The summed E-state index contributed by atoms with van der Waals surface area (Å²) in [5, 5.41) is 38.4. The molecule has 49 heavy (non-hydrogen) atoms. The maximum absolute atomic E-state index is 13.7. The number of benzene rings is 4. The van der Waals surface area contributed by atoms with Gasteiger partial charge in [0.25, 0.3) is 0 Å². The normalized spacial score (nSPS) is 13.2. The van der Waals surface area contributed by atoms with Gasteiger partial charge in [0, 0.05) is 0 Å². The Morgan fingerprint density at radius 3 is 1.00 bits per heavy atom. The molecule has 0 amide bonds. The van der Waals surface area contributed by atoms with Crippen molar-refractivity contribution >= 4 is 22.1 Å². The van der Waals surface area contributed by atoms with Crippen LogP contribution in [0.5, 0.6) is 0 Å². The molecule has 8 nitrogen and oxygen atoms in total. The molecular weight excluding hydrogens is 646 g/mol. The van der Waals surface area contributed by atoms with Crippen LogP contribution in [0.25, 0.3) is 33.2 Å². The Balaban J connectivity index is 1.67. The molecule has 0 radical (unpaired) electrons. The van der Waals surface area contributed by atoms with E-state index in [0.29, 0.717) is 22.3 Å². The summed E-state index contributed by atoms with van der Waals surface area (Å²) in [5.74, 6) is 0. The fraction of sp³-hybridized carbons (Fsp3) is 0.0857. The highest BCUT2D eigenvalue weighted by molar-refractivity contribution is 5.97. The number of fused-ring (bicyclic) bond motifs is 5. The van der Waals surface area contributed by atoms with Gasteiger partial charge in [0.05, 0.1) is 38.6 Å². The molecule has 0 spiro atoms. The molecule has 0 atom stereocenters. The molecule has 4 aromatic carbocycles. The maximum atomic E-state index is 13.7. The molecule has 2 aromatic heterocycles. The minimum atomic E-state index is -4.69. The molecular formula is C35H12F6N8. The van der Waals surface area contributed by atoms with Crippen LogP contribution in [0.2, 0.25) is 0 Å². The zero-order valence-electron chi connectivity index (χ0n) is 24.3. The lowest BCUT2D eigenvalue weighted by Crippen LogP contribution is -2.29. The summed E-state index contributed by atoms with van der Waals surface area (Å²) >= 11 is 0. The van der Waals surface area contributed by atoms with Crippen molar-refractivity contribution in [3.63, 3.8) is 0 Å². The lowest BCUT2D eigenvalue weighted by molar-refractivity contribution is -0.138. The molecule has 7 rings (SSSR count). The molecule has 0 N–H and O–H groups in total. The lowest BCUT2D eigenvalue weighted by Gasteiger charge is -2.34. The zero-order chi connectivity index (χ0) is 34.9. The van der Waals surface area contributed by atoms with Crippen molar-refractivity contribution in [3.8, 4) is 35.4 Å². The van der Waals surface area contributed by atoms with Crippen molar-refractivity contribution in [2.75, 3.05) is 0 Å². The van der Waals surface area contributed by atoms with Gasteiger partial charge in [-0.15, -0.1) is 0 Å². The second kappa shape index (κ2) is 10.6. The Bertz CT molecular complexity index is 2380. The number of alkyl halides is 6. The summed E-state index contributed by atoms with van der Waals surface area (Å²) in [6.07, 6.45) is -9.39. The minimum Gasteiger partial charge on any atom is -0.232 e. The molecule has 0 fully saturated rings. The standard InChI is InChI=1S/C35H12F6N8/c36-34(37,38)19-5-1-17(2-6-19)33(18-3-7-20(8-4-18)35(39,40)41)23-11-27-25(46-29(13-42)31(15-44)48-27)9-21(23)22-10-26-28(12-24(22)33)49-32(16-45)30(14-43)47-26/h1-12H. The molecule has 0 unspecified atom stereocenters. The highest BCUT2D eigenvalue weighted by Crippen LogP contribution is 2.57. The van der Waals surface area contributed by atoms with Crippen LogP contribution in [0.4, 0.5) is 26.3 Å². The van der Waals surface area contributed by atoms with E-state index in [-0.39, 0.29) is 56.0 Å². The summed E-state index contributed by atoms with van der Waals surface area (Å²) in [6.45, 7) is 0. The topological polar surface area (TPSA) is 147 Å². The average molecular weight is 659 g/mol. The van der Waals surface area contributed by atoms with Crippen molar-refractivity contribution in [1.29, 1.82) is 21.0 Å². The summed E-state index contributed by atoms with van der Waals surface area (Å²) in [7, 11) is 0. The van der Waals surface area contributed by atoms with Crippen molar-refractivity contribution in [1.82, 2.24) is 19.9 Å². The van der Waals surface area contributed by atoms with Gasteiger partial charge in [0.2, 0.25) is 0 Å². The van der Waals surface area contributed by atoms with Gasteiger partial charge in [-0.3, -0.25) is 0 Å². The Morgan fingerprint density at radius 1 is 0.449 bits per heavy atom. The first kappa shape index (κ1) is 30.7. The fourth-order valence-electron chi connectivity index (χ4n) is 6.34. The van der Waals surface area contributed by atoms with Gasteiger partial charge in [0.15, 0.2) is 22.8 Å². The van der Waals surface area contributed by atoms with Gasteiger partial charge in [-0.1, -0.05) is 24.3 Å². The molecule has 2 heterocycles. The molecule has 6 aromatic rings. The summed E-state index contributed by atoms with van der Waals surface area (Å²) < 4.78 is 82.4. The SMILES string of the molecule is N#Cc1nc2cc3c(cc2nc1C#N)C(c1ccc(C(F)(F)F)cc1)(c1ccc(C(F)(F)F)cc1)c1cc2nc(C#N)c(C#N)nc2cc1-3. The summed E-state index contributed by atoms with van der Waals surface area (Å²) in [4.78, 5) is 17.2. The monoisotopic (exact) mass is 658 g/mol. The molecule has 0 bridgehead atoms. The second-order valence-corrected chi connectivity index (χ2v) is 11.0. The number of nitrogens with zero attached hydrogens (tertiary/aromatic N) is 8. The van der Waals surface area contributed by atoms with Crippen LogP contribution < -0.4 is 0 Å². The number of halogens is 6. The van der Waals surface area contributed by atoms with Crippen LogP contribution in [0.1, 0.15) is 56.2 Å². The van der Waals surface area contributed by atoms with Crippen LogP contribution in [0.15, 0.2) is 72.8 Å². The highest BCUT2D eigenvalue weighted by atomic mass is 19.4. The number of hydrogen-bond acceptors (Lipinski definition) is 8. The second-order valence-electron chi connectivity index (χ2n) is 11.0. The van der Waals surface area contributed by atoms with E-state index in [4.69, 9.17) is 0 Å². The van der Waals surface area contributed by atoms with Crippen LogP contribution >= 0.6 is 0 Å². The van der Waals surface area contributed by atoms with Gasteiger partial charge < -0.3 is 0 Å². The largest absolute Gasteiger partial charge is 0.416 e.